The van der Waals surface area contributed by atoms with Crippen molar-refractivity contribution in [2.24, 2.45) is 5.92 Å². The van der Waals surface area contributed by atoms with Gasteiger partial charge in [0.05, 0.1) is 6.54 Å². The van der Waals surface area contributed by atoms with E-state index < -0.39 is 12.7 Å². The number of rotatable bonds is 7. The molecule has 0 aromatic heterocycles. The van der Waals surface area contributed by atoms with Crippen molar-refractivity contribution in [2.45, 2.75) is 38.8 Å². The van der Waals surface area contributed by atoms with Crippen LogP contribution in [0.5, 0.6) is 0 Å². The Hall–Kier alpha value is -0.290. The lowest BCUT2D eigenvalue weighted by Gasteiger charge is -2.22. The summed E-state index contributed by atoms with van der Waals surface area (Å²) < 4.78 is 36.6. The Morgan fingerprint density at radius 1 is 1.24 bits per heavy atom. The molecule has 1 aliphatic carbocycles. The van der Waals surface area contributed by atoms with E-state index in [-0.39, 0.29) is 0 Å². The van der Waals surface area contributed by atoms with Gasteiger partial charge in [0.25, 0.3) is 0 Å². The number of nitrogens with one attached hydrogen (secondary N) is 1. The number of alkyl halides is 3. The zero-order valence-corrected chi connectivity index (χ0v) is 10.5. The predicted octanol–water partition coefficient (Wildman–Crippen LogP) is 2.65. The molecule has 1 aliphatic rings. The van der Waals surface area contributed by atoms with Gasteiger partial charge in [0.15, 0.2) is 0 Å². The molecule has 0 radical (unpaired) electrons. The third kappa shape index (κ3) is 6.88. The van der Waals surface area contributed by atoms with E-state index in [9.17, 15) is 13.2 Å². The van der Waals surface area contributed by atoms with Gasteiger partial charge in [-0.2, -0.15) is 13.2 Å². The van der Waals surface area contributed by atoms with Gasteiger partial charge in [0.2, 0.25) is 0 Å². The van der Waals surface area contributed by atoms with Crippen molar-refractivity contribution >= 4 is 0 Å². The minimum absolute atomic E-state index is 0.449. The van der Waals surface area contributed by atoms with Crippen molar-refractivity contribution in [3.63, 3.8) is 0 Å². The molecule has 17 heavy (non-hydrogen) atoms. The molecule has 0 spiro atoms. The zero-order chi connectivity index (χ0) is 12.7. The summed E-state index contributed by atoms with van der Waals surface area (Å²) in [5, 5.41) is 3.27. The molecule has 0 atom stereocenters. The first kappa shape index (κ1) is 14.8. The summed E-state index contributed by atoms with van der Waals surface area (Å²) in [5.41, 5.74) is 0. The normalized spacial score (nSPS) is 18.2. The quantitative estimate of drug-likeness (QED) is 0.701. The lowest BCUT2D eigenvalue weighted by molar-refractivity contribution is -0.145. The van der Waals surface area contributed by atoms with Gasteiger partial charge in [-0.1, -0.05) is 19.8 Å². The van der Waals surface area contributed by atoms with Crippen molar-refractivity contribution in [1.82, 2.24) is 10.2 Å². The highest BCUT2D eigenvalue weighted by atomic mass is 19.4. The summed E-state index contributed by atoms with van der Waals surface area (Å²) in [7, 11) is 0. The summed E-state index contributed by atoms with van der Waals surface area (Å²) in [6, 6.07) is 0. The second-order valence-corrected chi connectivity index (χ2v) is 4.84. The molecule has 0 heterocycles. The van der Waals surface area contributed by atoms with E-state index in [1.54, 1.807) is 6.92 Å². The monoisotopic (exact) mass is 252 g/mol. The minimum Gasteiger partial charge on any atom is -0.315 e. The van der Waals surface area contributed by atoms with Gasteiger partial charge in [-0.25, -0.2) is 0 Å². The number of nitrogens with zero attached hydrogens (tertiary/aromatic N) is 1. The molecule has 1 rings (SSSR count). The molecule has 0 aliphatic heterocycles. The van der Waals surface area contributed by atoms with Crippen LogP contribution in [0.25, 0.3) is 0 Å². The molecule has 0 saturated heterocycles. The van der Waals surface area contributed by atoms with Crippen LogP contribution < -0.4 is 5.32 Å². The molecule has 0 aromatic carbocycles. The van der Waals surface area contributed by atoms with E-state index in [2.05, 4.69) is 5.32 Å². The summed E-state index contributed by atoms with van der Waals surface area (Å²) in [6.07, 6.45) is 1.07. The van der Waals surface area contributed by atoms with Gasteiger partial charge >= 0.3 is 6.18 Å². The van der Waals surface area contributed by atoms with Crippen molar-refractivity contribution in [3.05, 3.63) is 0 Å². The Bertz CT molecular complexity index is 200. The van der Waals surface area contributed by atoms with E-state index >= 15 is 0 Å². The van der Waals surface area contributed by atoms with Crippen molar-refractivity contribution in [1.29, 1.82) is 0 Å². The van der Waals surface area contributed by atoms with Crippen molar-refractivity contribution in [3.8, 4) is 0 Å². The summed E-state index contributed by atoms with van der Waals surface area (Å²) in [5.74, 6) is 0.743. The van der Waals surface area contributed by atoms with E-state index in [0.717, 1.165) is 12.5 Å². The zero-order valence-electron chi connectivity index (χ0n) is 10.5. The van der Waals surface area contributed by atoms with Gasteiger partial charge in [0, 0.05) is 13.1 Å². The van der Waals surface area contributed by atoms with Crippen LogP contribution in [0.15, 0.2) is 0 Å². The van der Waals surface area contributed by atoms with E-state index in [1.807, 2.05) is 0 Å². The molecule has 0 amide bonds. The third-order valence-corrected chi connectivity index (χ3v) is 3.36. The molecule has 102 valence electrons. The smallest absolute Gasteiger partial charge is 0.315 e. The van der Waals surface area contributed by atoms with Crippen LogP contribution in [0.4, 0.5) is 13.2 Å². The molecular weight excluding hydrogens is 229 g/mol. The highest BCUT2D eigenvalue weighted by Crippen LogP contribution is 2.23. The van der Waals surface area contributed by atoms with Gasteiger partial charge in [-0.3, -0.25) is 4.90 Å². The highest BCUT2D eigenvalue weighted by molar-refractivity contribution is 4.70. The largest absolute Gasteiger partial charge is 0.401 e. The second-order valence-electron chi connectivity index (χ2n) is 4.84. The molecule has 0 unspecified atom stereocenters. The maximum atomic E-state index is 12.2. The number of hydrogen-bond donors (Lipinski definition) is 1. The fourth-order valence-electron chi connectivity index (χ4n) is 2.36. The lowest BCUT2D eigenvalue weighted by atomic mass is 10.1. The topological polar surface area (TPSA) is 15.3 Å². The van der Waals surface area contributed by atoms with E-state index in [0.29, 0.717) is 19.6 Å². The van der Waals surface area contributed by atoms with E-state index in [1.165, 1.54) is 30.6 Å². The molecular formula is C12H23F3N2. The second kappa shape index (κ2) is 7.21. The Balaban J connectivity index is 2.06. The standard InChI is InChI=1S/C12H23F3N2/c1-2-17(10-12(13,14)15)8-7-16-9-11-5-3-4-6-11/h11,16H,2-10H2,1H3. The minimum atomic E-state index is -4.08. The van der Waals surface area contributed by atoms with Crippen LogP contribution in [0, 0.1) is 5.92 Å². The number of likely N-dealkylation sites (N-methyl/N-ethyl adjacent to an activating group) is 1. The predicted molar refractivity (Wildman–Crippen MR) is 63.0 cm³/mol. The van der Waals surface area contributed by atoms with Crippen molar-refractivity contribution < 1.29 is 13.2 Å². The molecule has 2 nitrogen and oxygen atoms in total. The average molecular weight is 252 g/mol. The van der Waals surface area contributed by atoms with Crippen molar-refractivity contribution in [2.75, 3.05) is 32.7 Å². The molecule has 0 bridgehead atoms. The van der Waals surface area contributed by atoms with Gasteiger partial charge in [-0.05, 0) is 31.8 Å². The maximum Gasteiger partial charge on any atom is 0.401 e. The summed E-state index contributed by atoms with van der Waals surface area (Å²) in [6.45, 7) is 3.51. The SMILES string of the molecule is CCN(CCNCC1CCCC1)CC(F)(F)F. The Kier molecular flexibility index (Phi) is 6.27. The van der Waals surface area contributed by atoms with Crippen LogP contribution in [-0.4, -0.2) is 43.8 Å². The summed E-state index contributed by atoms with van der Waals surface area (Å²) in [4.78, 5) is 1.43. The van der Waals surface area contributed by atoms with Crippen LogP contribution >= 0.6 is 0 Å². The Morgan fingerprint density at radius 3 is 2.41 bits per heavy atom. The van der Waals surface area contributed by atoms with Crippen LogP contribution in [0.1, 0.15) is 32.6 Å². The van der Waals surface area contributed by atoms with Crippen LogP contribution in [-0.2, 0) is 0 Å². The number of hydrogen-bond acceptors (Lipinski definition) is 2. The highest BCUT2D eigenvalue weighted by Gasteiger charge is 2.29. The van der Waals surface area contributed by atoms with E-state index in [4.69, 9.17) is 0 Å². The Morgan fingerprint density at radius 2 is 1.88 bits per heavy atom. The van der Waals surface area contributed by atoms with Crippen LogP contribution in [0.3, 0.4) is 0 Å². The molecule has 1 fully saturated rings. The van der Waals surface area contributed by atoms with Gasteiger partial charge < -0.3 is 5.32 Å². The average Bonchev–Trinajstić information content (AvgIpc) is 2.73. The fraction of sp³-hybridized carbons (Fsp3) is 1.00. The van der Waals surface area contributed by atoms with Gasteiger partial charge in [0.1, 0.15) is 0 Å². The Labute approximate surface area is 102 Å². The molecule has 5 heteroatoms. The fourth-order valence-corrected chi connectivity index (χ4v) is 2.36. The van der Waals surface area contributed by atoms with Gasteiger partial charge in [-0.15, -0.1) is 0 Å². The van der Waals surface area contributed by atoms with Crippen LogP contribution in [0.2, 0.25) is 0 Å². The maximum absolute atomic E-state index is 12.2. The molecule has 1 N–H and O–H groups in total. The molecule has 1 saturated carbocycles. The first-order valence-corrected chi connectivity index (χ1v) is 6.51. The summed E-state index contributed by atoms with van der Waals surface area (Å²) >= 11 is 0. The lowest BCUT2D eigenvalue weighted by Crippen LogP contribution is -2.39. The third-order valence-electron chi connectivity index (χ3n) is 3.36. The number of halogens is 3. The first-order valence-electron chi connectivity index (χ1n) is 6.51. The molecule has 0 aromatic rings. The first-order chi connectivity index (χ1) is 8.01.